The molecule has 2 aromatic rings. The minimum absolute atomic E-state index is 0.238. The molecule has 0 bridgehead atoms. The fourth-order valence-electron chi connectivity index (χ4n) is 1.45. The van der Waals surface area contributed by atoms with E-state index in [4.69, 9.17) is 4.74 Å². The lowest BCUT2D eigenvalue weighted by molar-refractivity contribution is 0.199. The number of hydrogen-bond donors (Lipinski definition) is 2. The number of hydrogen-bond acceptors (Lipinski definition) is 6. The van der Waals surface area contributed by atoms with Gasteiger partial charge in [-0.2, -0.15) is 0 Å². The van der Waals surface area contributed by atoms with E-state index in [0.29, 0.717) is 13.2 Å². The molecule has 0 aliphatic carbocycles. The van der Waals surface area contributed by atoms with Crippen molar-refractivity contribution in [1.82, 2.24) is 15.5 Å². The number of rotatable bonds is 6. The molecule has 0 aliphatic rings. The molecule has 5 nitrogen and oxygen atoms in total. The van der Waals surface area contributed by atoms with Gasteiger partial charge in [0.05, 0.1) is 6.61 Å². The van der Waals surface area contributed by atoms with Gasteiger partial charge in [0.1, 0.15) is 15.8 Å². The van der Waals surface area contributed by atoms with E-state index in [0.717, 1.165) is 22.1 Å². The van der Waals surface area contributed by atoms with Crippen LogP contribution in [0.1, 0.15) is 5.01 Å². The highest BCUT2D eigenvalue weighted by Crippen LogP contribution is 2.25. The number of aromatic hydroxyl groups is 1. The average molecular weight is 265 g/mol. The average Bonchev–Trinajstić information content (AvgIpc) is 2.83. The van der Waals surface area contributed by atoms with Gasteiger partial charge in [-0.15, -0.1) is 10.2 Å². The molecule has 1 aromatic carbocycles. The molecular formula is C12H15N3O2S. The Labute approximate surface area is 109 Å². The van der Waals surface area contributed by atoms with E-state index in [1.165, 1.54) is 11.3 Å². The third-order valence-electron chi connectivity index (χ3n) is 2.32. The van der Waals surface area contributed by atoms with Crippen LogP contribution in [0.2, 0.25) is 0 Å². The van der Waals surface area contributed by atoms with Gasteiger partial charge in [0.15, 0.2) is 0 Å². The van der Waals surface area contributed by atoms with Crippen LogP contribution in [-0.4, -0.2) is 35.6 Å². The molecule has 1 aromatic heterocycles. The predicted octanol–water partition coefficient (Wildman–Crippen LogP) is 1.65. The van der Waals surface area contributed by atoms with Crippen molar-refractivity contribution in [2.45, 2.75) is 6.54 Å². The van der Waals surface area contributed by atoms with Gasteiger partial charge in [-0.3, -0.25) is 0 Å². The van der Waals surface area contributed by atoms with Crippen molar-refractivity contribution in [2.75, 3.05) is 20.3 Å². The number of ether oxygens (including phenoxy) is 1. The first-order chi connectivity index (χ1) is 8.79. The molecule has 0 saturated carbocycles. The number of nitrogens with zero attached hydrogens (tertiary/aromatic N) is 2. The third kappa shape index (κ3) is 3.49. The van der Waals surface area contributed by atoms with Crippen molar-refractivity contribution in [3.63, 3.8) is 0 Å². The van der Waals surface area contributed by atoms with Crippen LogP contribution in [0.15, 0.2) is 24.3 Å². The van der Waals surface area contributed by atoms with E-state index in [1.54, 1.807) is 25.3 Å². The molecule has 2 rings (SSSR count). The van der Waals surface area contributed by atoms with Crippen molar-refractivity contribution in [3.8, 4) is 16.3 Å². The second-order valence-corrected chi connectivity index (χ2v) is 4.78. The van der Waals surface area contributed by atoms with Gasteiger partial charge in [0.25, 0.3) is 0 Å². The summed E-state index contributed by atoms with van der Waals surface area (Å²) in [6, 6.07) is 7.02. The highest BCUT2D eigenvalue weighted by Gasteiger charge is 2.06. The Morgan fingerprint density at radius 2 is 2.28 bits per heavy atom. The zero-order chi connectivity index (χ0) is 12.8. The quantitative estimate of drug-likeness (QED) is 0.777. The van der Waals surface area contributed by atoms with Crippen molar-refractivity contribution < 1.29 is 9.84 Å². The molecule has 2 N–H and O–H groups in total. The Balaban J connectivity index is 1.97. The van der Waals surface area contributed by atoms with Gasteiger partial charge in [0.2, 0.25) is 0 Å². The lowest BCUT2D eigenvalue weighted by Crippen LogP contribution is -2.18. The zero-order valence-corrected chi connectivity index (χ0v) is 10.9. The lowest BCUT2D eigenvalue weighted by Gasteiger charge is -1.99. The highest BCUT2D eigenvalue weighted by atomic mass is 32.1. The first-order valence-electron chi connectivity index (χ1n) is 5.61. The minimum atomic E-state index is 0.238. The number of nitrogens with one attached hydrogen (secondary N) is 1. The molecule has 0 fully saturated rings. The summed E-state index contributed by atoms with van der Waals surface area (Å²) < 4.78 is 4.94. The van der Waals surface area contributed by atoms with Crippen LogP contribution in [0.25, 0.3) is 10.6 Å². The van der Waals surface area contributed by atoms with E-state index in [-0.39, 0.29) is 5.75 Å². The predicted molar refractivity (Wildman–Crippen MR) is 70.6 cm³/mol. The Kier molecular flexibility index (Phi) is 4.63. The van der Waals surface area contributed by atoms with Crippen molar-refractivity contribution in [3.05, 3.63) is 29.3 Å². The fraction of sp³-hybridized carbons (Fsp3) is 0.333. The summed E-state index contributed by atoms with van der Waals surface area (Å²) in [4.78, 5) is 0. The summed E-state index contributed by atoms with van der Waals surface area (Å²) in [6.07, 6.45) is 0. The second kappa shape index (κ2) is 6.44. The van der Waals surface area contributed by atoms with Gasteiger partial charge in [-0.05, 0) is 12.1 Å². The van der Waals surface area contributed by atoms with Crippen LogP contribution in [0.4, 0.5) is 0 Å². The van der Waals surface area contributed by atoms with Crippen LogP contribution in [0.3, 0.4) is 0 Å². The van der Waals surface area contributed by atoms with E-state index >= 15 is 0 Å². The van der Waals surface area contributed by atoms with Gasteiger partial charge in [-0.25, -0.2) is 0 Å². The molecule has 0 atom stereocenters. The SMILES string of the molecule is COCCNCc1nnc(-c2cccc(O)c2)s1. The Hall–Kier alpha value is -1.50. The number of aromatic nitrogens is 2. The first kappa shape index (κ1) is 12.9. The summed E-state index contributed by atoms with van der Waals surface area (Å²) in [5, 5.41) is 22.6. The summed E-state index contributed by atoms with van der Waals surface area (Å²) >= 11 is 1.52. The highest BCUT2D eigenvalue weighted by molar-refractivity contribution is 7.14. The summed E-state index contributed by atoms with van der Waals surface area (Å²) in [6.45, 7) is 2.15. The van der Waals surface area contributed by atoms with Gasteiger partial charge >= 0.3 is 0 Å². The van der Waals surface area contributed by atoms with E-state index < -0.39 is 0 Å². The molecule has 6 heteroatoms. The normalized spacial score (nSPS) is 10.7. The second-order valence-electron chi connectivity index (χ2n) is 3.72. The van der Waals surface area contributed by atoms with E-state index in [9.17, 15) is 5.11 Å². The Morgan fingerprint density at radius 3 is 3.06 bits per heavy atom. The van der Waals surface area contributed by atoms with Crippen LogP contribution in [-0.2, 0) is 11.3 Å². The van der Waals surface area contributed by atoms with Crippen molar-refractivity contribution in [2.24, 2.45) is 0 Å². The molecule has 0 amide bonds. The van der Waals surface area contributed by atoms with Gasteiger partial charge in [0, 0.05) is 25.8 Å². The molecule has 0 radical (unpaired) electrons. The van der Waals surface area contributed by atoms with Gasteiger partial charge < -0.3 is 15.2 Å². The number of benzene rings is 1. The minimum Gasteiger partial charge on any atom is -0.508 e. The first-order valence-corrected chi connectivity index (χ1v) is 6.42. The summed E-state index contributed by atoms with van der Waals surface area (Å²) in [5.41, 5.74) is 0.885. The van der Waals surface area contributed by atoms with Crippen molar-refractivity contribution in [1.29, 1.82) is 0 Å². The van der Waals surface area contributed by atoms with Crippen LogP contribution < -0.4 is 5.32 Å². The van der Waals surface area contributed by atoms with Crippen LogP contribution in [0.5, 0.6) is 5.75 Å². The molecule has 0 saturated heterocycles. The smallest absolute Gasteiger partial charge is 0.147 e. The lowest BCUT2D eigenvalue weighted by atomic mass is 10.2. The number of phenolic OH excluding ortho intramolecular Hbond substituents is 1. The monoisotopic (exact) mass is 265 g/mol. The molecule has 0 aliphatic heterocycles. The molecule has 0 spiro atoms. The van der Waals surface area contributed by atoms with E-state index in [2.05, 4.69) is 15.5 Å². The molecule has 0 unspecified atom stereocenters. The molecule has 1 heterocycles. The number of methoxy groups -OCH3 is 1. The van der Waals surface area contributed by atoms with Crippen LogP contribution in [0, 0.1) is 0 Å². The van der Waals surface area contributed by atoms with Crippen LogP contribution >= 0.6 is 11.3 Å². The largest absolute Gasteiger partial charge is 0.508 e. The summed E-state index contributed by atoms with van der Waals surface area (Å²) in [5.74, 6) is 0.238. The van der Waals surface area contributed by atoms with Gasteiger partial charge in [-0.1, -0.05) is 23.5 Å². The maximum absolute atomic E-state index is 9.41. The number of phenols is 1. The fourth-order valence-corrected chi connectivity index (χ4v) is 2.26. The maximum atomic E-state index is 9.41. The Bertz CT molecular complexity index is 502. The van der Waals surface area contributed by atoms with Crippen molar-refractivity contribution >= 4 is 11.3 Å². The topological polar surface area (TPSA) is 67.3 Å². The molecular weight excluding hydrogens is 250 g/mol. The maximum Gasteiger partial charge on any atom is 0.147 e. The summed E-state index contributed by atoms with van der Waals surface area (Å²) in [7, 11) is 1.67. The molecule has 96 valence electrons. The standard InChI is InChI=1S/C12H15N3O2S/c1-17-6-5-13-8-11-14-15-12(18-11)9-3-2-4-10(16)7-9/h2-4,7,13,16H,5-6,8H2,1H3. The molecule has 18 heavy (non-hydrogen) atoms. The van der Waals surface area contributed by atoms with E-state index in [1.807, 2.05) is 6.07 Å². The Morgan fingerprint density at radius 1 is 1.39 bits per heavy atom. The third-order valence-corrected chi connectivity index (χ3v) is 3.29. The zero-order valence-electron chi connectivity index (χ0n) is 10.1.